The second-order valence-corrected chi connectivity index (χ2v) is 9.29. The molecule has 9 heteroatoms. The highest BCUT2D eigenvalue weighted by atomic mass is 16.7. The van der Waals surface area contributed by atoms with Crippen LogP contribution >= 0.6 is 0 Å². The molecule has 0 spiro atoms. The second-order valence-electron chi connectivity index (χ2n) is 9.29. The van der Waals surface area contributed by atoms with Crippen LogP contribution in [0.3, 0.4) is 0 Å². The van der Waals surface area contributed by atoms with Gasteiger partial charge in [0.1, 0.15) is 12.4 Å². The van der Waals surface area contributed by atoms with Gasteiger partial charge < -0.3 is 29.0 Å². The van der Waals surface area contributed by atoms with E-state index in [1.165, 1.54) is 13.2 Å². The minimum atomic E-state index is -0.674. The molecule has 0 atom stereocenters. The number of benzene rings is 3. The largest absolute Gasteiger partial charge is 0.489 e. The molecule has 0 aliphatic heterocycles. The van der Waals surface area contributed by atoms with Gasteiger partial charge in [-0.2, -0.15) is 0 Å². The van der Waals surface area contributed by atoms with E-state index in [9.17, 15) is 14.4 Å². The summed E-state index contributed by atoms with van der Waals surface area (Å²) in [6.07, 6.45) is 0. The Morgan fingerprint density at radius 1 is 0.825 bits per heavy atom. The molecule has 0 saturated carbocycles. The van der Waals surface area contributed by atoms with E-state index in [4.69, 9.17) is 23.7 Å². The van der Waals surface area contributed by atoms with E-state index in [0.29, 0.717) is 42.2 Å². The molecule has 0 unspecified atom stereocenters. The van der Waals surface area contributed by atoms with Crippen LogP contribution in [0.15, 0.2) is 66.7 Å². The van der Waals surface area contributed by atoms with Crippen LogP contribution in [-0.2, 0) is 25.6 Å². The number of amides is 1. The van der Waals surface area contributed by atoms with E-state index in [0.717, 1.165) is 5.56 Å². The van der Waals surface area contributed by atoms with Crippen LogP contribution in [0.5, 0.6) is 5.75 Å². The van der Waals surface area contributed by atoms with E-state index < -0.39 is 11.9 Å². The number of ether oxygens (including phenoxy) is 5. The zero-order valence-corrected chi connectivity index (χ0v) is 23.2. The molecule has 0 radical (unpaired) electrons. The lowest BCUT2D eigenvalue weighted by Gasteiger charge is -2.16. The van der Waals surface area contributed by atoms with Crippen molar-refractivity contribution in [2.45, 2.75) is 20.5 Å². The lowest BCUT2D eigenvalue weighted by molar-refractivity contribution is -0.0435. The number of nitrogens with one attached hydrogen (secondary N) is 1. The monoisotopic (exact) mass is 549 g/mol. The predicted molar refractivity (Wildman–Crippen MR) is 149 cm³/mol. The summed E-state index contributed by atoms with van der Waals surface area (Å²) in [6, 6.07) is 19.2. The highest BCUT2D eigenvalue weighted by molar-refractivity contribution is 6.05. The summed E-state index contributed by atoms with van der Waals surface area (Å²) in [5.41, 5.74) is 2.34. The fourth-order valence-corrected chi connectivity index (χ4v) is 3.73. The van der Waals surface area contributed by atoms with Gasteiger partial charge in [0.15, 0.2) is 6.79 Å². The normalized spacial score (nSPS) is 10.7. The van der Waals surface area contributed by atoms with Gasteiger partial charge in [-0.15, -0.1) is 0 Å². The predicted octanol–water partition coefficient (Wildman–Crippen LogP) is 4.88. The maximum Gasteiger partial charge on any atom is 0.341 e. The molecule has 3 aromatic rings. The molecule has 0 bridgehead atoms. The summed E-state index contributed by atoms with van der Waals surface area (Å²) in [5.74, 6) is -0.947. The number of hydrogen-bond acceptors (Lipinski definition) is 8. The van der Waals surface area contributed by atoms with Crippen molar-refractivity contribution in [2.24, 2.45) is 5.92 Å². The van der Waals surface area contributed by atoms with Gasteiger partial charge in [-0.25, -0.2) is 9.59 Å². The smallest absolute Gasteiger partial charge is 0.341 e. The quantitative estimate of drug-likeness (QED) is 0.172. The maximum atomic E-state index is 13.2. The lowest BCUT2D eigenvalue weighted by Crippen LogP contribution is -2.27. The topological polar surface area (TPSA) is 109 Å². The van der Waals surface area contributed by atoms with Crippen molar-refractivity contribution in [1.29, 1.82) is 0 Å². The highest BCUT2D eigenvalue weighted by Gasteiger charge is 2.22. The Bertz CT molecular complexity index is 1290. The fourth-order valence-electron chi connectivity index (χ4n) is 3.73. The van der Waals surface area contributed by atoms with Crippen molar-refractivity contribution in [3.63, 3.8) is 0 Å². The van der Waals surface area contributed by atoms with Crippen LogP contribution in [0.1, 0.15) is 50.5 Å². The van der Waals surface area contributed by atoms with Crippen LogP contribution in [-0.4, -0.2) is 58.6 Å². The van der Waals surface area contributed by atoms with Gasteiger partial charge in [0, 0.05) is 19.2 Å². The average Bonchev–Trinajstić information content (AvgIpc) is 2.98. The van der Waals surface area contributed by atoms with E-state index in [2.05, 4.69) is 5.32 Å². The van der Waals surface area contributed by atoms with E-state index >= 15 is 0 Å². The van der Waals surface area contributed by atoms with E-state index in [1.807, 2.05) is 44.2 Å². The molecule has 0 saturated heterocycles. The van der Waals surface area contributed by atoms with Gasteiger partial charge in [-0.1, -0.05) is 50.2 Å². The van der Waals surface area contributed by atoms with E-state index in [1.54, 1.807) is 37.4 Å². The van der Waals surface area contributed by atoms with Crippen molar-refractivity contribution >= 4 is 17.8 Å². The van der Waals surface area contributed by atoms with Crippen molar-refractivity contribution in [1.82, 2.24) is 5.32 Å². The first kappa shape index (κ1) is 30.3. The van der Waals surface area contributed by atoms with Crippen LogP contribution < -0.4 is 10.1 Å². The summed E-state index contributed by atoms with van der Waals surface area (Å²) >= 11 is 0. The van der Waals surface area contributed by atoms with Crippen LogP contribution in [0.2, 0.25) is 0 Å². The third kappa shape index (κ3) is 8.65. The number of hydrogen-bond donors (Lipinski definition) is 1. The standard InChI is InChI=1S/C31H35NO8/c1-21(2)18-32-29(33)23-10-12-25(27(16-23)30(34)37-4)26-13-11-24(39-19-22-8-6-5-7-9-22)17-28(26)31(35)40-20-38-15-14-36-3/h5-13,16-17,21H,14-15,18-20H2,1-4H3,(H,32,33). The van der Waals surface area contributed by atoms with Crippen molar-refractivity contribution in [2.75, 3.05) is 40.8 Å². The van der Waals surface area contributed by atoms with Crippen molar-refractivity contribution < 1.29 is 38.1 Å². The first-order chi connectivity index (χ1) is 19.3. The summed E-state index contributed by atoms with van der Waals surface area (Å²) in [7, 11) is 2.80. The Kier molecular flexibility index (Phi) is 11.7. The lowest BCUT2D eigenvalue weighted by atomic mass is 9.93. The van der Waals surface area contributed by atoms with Gasteiger partial charge in [0.25, 0.3) is 5.91 Å². The summed E-state index contributed by atoms with van der Waals surface area (Å²) < 4.78 is 26.5. The number of carbonyl (C=O) groups excluding carboxylic acids is 3. The third-order valence-electron chi connectivity index (χ3n) is 5.81. The molecular formula is C31H35NO8. The third-order valence-corrected chi connectivity index (χ3v) is 5.81. The maximum absolute atomic E-state index is 13.2. The van der Waals surface area contributed by atoms with Gasteiger partial charge in [0.05, 0.1) is 31.5 Å². The molecule has 1 N–H and O–H groups in total. The summed E-state index contributed by atoms with van der Waals surface area (Å²) in [4.78, 5) is 38.7. The number of carbonyl (C=O) groups is 3. The summed E-state index contributed by atoms with van der Waals surface area (Å²) in [6.45, 7) is 5.08. The molecule has 40 heavy (non-hydrogen) atoms. The molecule has 0 aliphatic carbocycles. The molecular weight excluding hydrogens is 514 g/mol. The molecule has 3 aromatic carbocycles. The van der Waals surface area contributed by atoms with Gasteiger partial charge in [-0.05, 0) is 52.9 Å². The second kappa shape index (κ2) is 15.4. The molecule has 0 fully saturated rings. The van der Waals surface area contributed by atoms with Crippen molar-refractivity contribution in [3.05, 3.63) is 89.0 Å². The zero-order chi connectivity index (χ0) is 28.9. The molecule has 1 amide bonds. The van der Waals surface area contributed by atoms with E-state index in [-0.39, 0.29) is 36.4 Å². The Morgan fingerprint density at radius 3 is 2.20 bits per heavy atom. The SMILES string of the molecule is COCCOCOC(=O)c1cc(OCc2ccccc2)ccc1-c1ccc(C(=O)NCC(C)C)cc1C(=O)OC. The Morgan fingerprint density at radius 2 is 1.52 bits per heavy atom. The number of rotatable bonds is 14. The molecule has 212 valence electrons. The van der Waals surface area contributed by atoms with Crippen LogP contribution in [0.4, 0.5) is 0 Å². The summed E-state index contributed by atoms with van der Waals surface area (Å²) in [5, 5.41) is 2.84. The van der Waals surface area contributed by atoms with Gasteiger partial charge in [-0.3, -0.25) is 4.79 Å². The average molecular weight is 550 g/mol. The molecule has 0 aromatic heterocycles. The first-order valence-electron chi connectivity index (χ1n) is 12.9. The minimum Gasteiger partial charge on any atom is -0.489 e. The molecule has 3 rings (SSSR count). The van der Waals surface area contributed by atoms with Crippen LogP contribution in [0.25, 0.3) is 11.1 Å². The van der Waals surface area contributed by atoms with Crippen molar-refractivity contribution in [3.8, 4) is 16.9 Å². The highest BCUT2D eigenvalue weighted by Crippen LogP contribution is 2.32. The molecule has 0 heterocycles. The van der Waals surface area contributed by atoms with Crippen LogP contribution in [0, 0.1) is 5.92 Å². The number of esters is 2. The minimum absolute atomic E-state index is 0.128. The Balaban J connectivity index is 1.97. The van der Waals surface area contributed by atoms with Gasteiger partial charge >= 0.3 is 11.9 Å². The molecule has 9 nitrogen and oxygen atoms in total. The molecule has 0 aliphatic rings. The zero-order valence-electron chi connectivity index (χ0n) is 23.2. The Hall–Kier alpha value is -4.21. The van der Waals surface area contributed by atoms with Gasteiger partial charge in [0.2, 0.25) is 0 Å². The first-order valence-corrected chi connectivity index (χ1v) is 12.9. The fraction of sp³-hybridized carbons (Fsp3) is 0.323. The Labute approximate surface area is 234 Å². The number of methoxy groups -OCH3 is 2.